The Morgan fingerprint density at radius 3 is 1.25 bits per heavy atom. The number of hydrogen-bond donors (Lipinski definition) is 0. The SMILES string of the molecule is C=CCOc1c2c(c(OCC=C)c3c1OC(C)(C)O3)OC(C)(C)O2. The van der Waals surface area contributed by atoms with E-state index in [4.69, 9.17) is 28.4 Å². The van der Waals surface area contributed by atoms with E-state index in [1.54, 1.807) is 39.8 Å². The van der Waals surface area contributed by atoms with Crippen molar-refractivity contribution in [1.29, 1.82) is 0 Å². The molecule has 2 aliphatic rings. The number of benzene rings is 1. The van der Waals surface area contributed by atoms with Crippen molar-refractivity contribution < 1.29 is 28.4 Å². The molecule has 0 amide bonds. The van der Waals surface area contributed by atoms with E-state index in [0.29, 0.717) is 47.7 Å². The fraction of sp³-hybridized carbons (Fsp3) is 0.444. The predicted molar refractivity (Wildman–Crippen MR) is 88.5 cm³/mol. The third kappa shape index (κ3) is 2.72. The second kappa shape index (κ2) is 5.54. The third-order valence-electron chi connectivity index (χ3n) is 3.32. The van der Waals surface area contributed by atoms with Gasteiger partial charge in [0.05, 0.1) is 0 Å². The molecule has 0 unspecified atom stereocenters. The molecule has 0 saturated heterocycles. The summed E-state index contributed by atoms with van der Waals surface area (Å²) in [5.41, 5.74) is 0. The Labute approximate surface area is 141 Å². The standard InChI is InChI=1S/C18H22O6/c1-7-9-19-11-13-15(23-17(3,4)21-13)12(20-10-8-2)16-14(11)22-18(5,6)24-16/h7-8H,1-2,9-10H2,3-6H3. The maximum absolute atomic E-state index is 5.91. The second-order valence-corrected chi connectivity index (χ2v) is 6.38. The summed E-state index contributed by atoms with van der Waals surface area (Å²) < 4.78 is 35.2. The molecule has 0 spiro atoms. The monoisotopic (exact) mass is 334 g/mol. The zero-order chi connectivity index (χ0) is 17.5. The minimum Gasteiger partial charge on any atom is -0.482 e. The average molecular weight is 334 g/mol. The first-order valence-corrected chi connectivity index (χ1v) is 7.75. The molecular weight excluding hydrogens is 312 g/mol. The molecule has 130 valence electrons. The van der Waals surface area contributed by atoms with Gasteiger partial charge in [-0.2, -0.15) is 0 Å². The van der Waals surface area contributed by atoms with Crippen molar-refractivity contribution in [2.45, 2.75) is 39.3 Å². The van der Waals surface area contributed by atoms with Gasteiger partial charge in [0, 0.05) is 27.7 Å². The van der Waals surface area contributed by atoms with Crippen LogP contribution in [-0.2, 0) is 0 Å². The van der Waals surface area contributed by atoms with Gasteiger partial charge in [0.15, 0.2) is 0 Å². The number of rotatable bonds is 6. The smallest absolute Gasteiger partial charge is 0.246 e. The van der Waals surface area contributed by atoms with Crippen LogP contribution in [0.3, 0.4) is 0 Å². The Bertz CT molecular complexity index is 589. The summed E-state index contributed by atoms with van der Waals surface area (Å²) in [6.45, 7) is 15.1. The van der Waals surface area contributed by atoms with E-state index in [2.05, 4.69) is 13.2 Å². The van der Waals surface area contributed by atoms with Crippen LogP contribution in [0.5, 0.6) is 34.5 Å². The third-order valence-corrected chi connectivity index (χ3v) is 3.32. The highest BCUT2D eigenvalue weighted by Gasteiger charge is 2.47. The second-order valence-electron chi connectivity index (χ2n) is 6.38. The number of hydrogen-bond acceptors (Lipinski definition) is 6. The highest BCUT2D eigenvalue weighted by molar-refractivity contribution is 5.75. The van der Waals surface area contributed by atoms with Crippen molar-refractivity contribution >= 4 is 0 Å². The molecule has 0 bridgehead atoms. The van der Waals surface area contributed by atoms with Gasteiger partial charge in [0.2, 0.25) is 46.1 Å². The van der Waals surface area contributed by atoms with Crippen molar-refractivity contribution in [2.24, 2.45) is 0 Å². The molecule has 6 nitrogen and oxygen atoms in total. The summed E-state index contributed by atoms with van der Waals surface area (Å²) in [7, 11) is 0. The molecule has 2 heterocycles. The molecule has 1 aromatic rings. The molecule has 0 saturated carbocycles. The van der Waals surface area contributed by atoms with Crippen molar-refractivity contribution in [2.75, 3.05) is 13.2 Å². The van der Waals surface area contributed by atoms with Crippen LogP contribution >= 0.6 is 0 Å². The van der Waals surface area contributed by atoms with Gasteiger partial charge in [-0.25, -0.2) is 0 Å². The topological polar surface area (TPSA) is 55.4 Å². The van der Waals surface area contributed by atoms with Gasteiger partial charge in [-0.15, -0.1) is 0 Å². The van der Waals surface area contributed by atoms with Crippen LogP contribution in [0, 0.1) is 0 Å². The van der Waals surface area contributed by atoms with Gasteiger partial charge in [0.25, 0.3) is 0 Å². The van der Waals surface area contributed by atoms with E-state index in [9.17, 15) is 0 Å². The van der Waals surface area contributed by atoms with Gasteiger partial charge in [-0.1, -0.05) is 25.3 Å². The van der Waals surface area contributed by atoms with Crippen molar-refractivity contribution in [3.05, 3.63) is 25.3 Å². The maximum atomic E-state index is 5.91. The van der Waals surface area contributed by atoms with Gasteiger partial charge in [-0.3, -0.25) is 0 Å². The Hall–Kier alpha value is -2.50. The van der Waals surface area contributed by atoms with Gasteiger partial charge in [-0.05, 0) is 0 Å². The summed E-state index contributed by atoms with van der Waals surface area (Å²) in [6, 6.07) is 0. The van der Waals surface area contributed by atoms with E-state index in [-0.39, 0.29) is 0 Å². The van der Waals surface area contributed by atoms with Gasteiger partial charge < -0.3 is 28.4 Å². The fourth-order valence-electron chi connectivity index (χ4n) is 2.56. The molecule has 6 heteroatoms. The van der Waals surface area contributed by atoms with E-state index < -0.39 is 11.6 Å². The molecule has 2 aliphatic heterocycles. The zero-order valence-electron chi connectivity index (χ0n) is 14.4. The Balaban J connectivity index is 2.18. The lowest BCUT2D eigenvalue weighted by Gasteiger charge is -2.18. The quantitative estimate of drug-likeness (QED) is 0.737. The average Bonchev–Trinajstić information content (AvgIpc) is 2.97. The molecule has 0 N–H and O–H groups in total. The Morgan fingerprint density at radius 2 is 1.00 bits per heavy atom. The Kier molecular flexibility index (Phi) is 3.78. The molecule has 0 radical (unpaired) electrons. The van der Waals surface area contributed by atoms with Crippen LogP contribution in [0.1, 0.15) is 27.7 Å². The summed E-state index contributed by atoms with van der Waals surface area (Å²) in [6.07, 6.45) is 3.28. The fourth-order valence-corrected chi connectivity index (χ4v) is 2.56. The lowest BCUT2D eigenvalue weighted by Crippen LogP contribution is -2.30. The van der Waals surface area contributed by atoms with Crippen LogP contribution in [0.4, 0.5) is 0 Å². The number of fused-ring (bicyclic) bond motifs is 2. The number of ether oxygens (including phenoxy) is 6. The zero-order valence-corrected chi connectivity index (χ0v) is 14.4. The summed E-state index contributed by atoms with van der Waals surface area (Å²) in [5, 5.41) is 0. The summed E-state index contributed by atoms with van der Waals surface area (Å²) in [5.74, 6) is 0.852. The minimum absolute atomic E-state index is 0.291. The molecule has 1 aromatic carbocycles. The van der Waals surface area contributed by atoms with Crippen LogP contribution in [0.15, 0.2) is 25.3 Å². The highest BCUT2D eigenvalue weighted by Crippen LogP contribution is 2.64. The van der Waals surface area contributed by atoms with E-state index in [1.165, 1.54) is 0 Å². The largest absolute Gasteiger partial charge is 0.482 e. The molecular formula is C18H22O6. The highest BCUT2D eigenvalue weighted by atomic mass is 16.8. The molecule has 3 rings (SSSR count). The summed E-state index contributed by atoms with van der Waals surface area (Å²) in [4.78, 5) is 0. The molecule has 0 atom stereocenters. The van der Waals surface area contributed by atoms with Crippen LogP contribution < -0.4 is 28.4 Å². The summed E-state index contributed by atoms with van der Waals surface area (Å²) >= 11 is 0. The van der Waals surface area contributed by atoms with Crippen LogP contribution in [0.25, 0.3) is 0 Å². The van der Waals surface area contributed by atoms with Gasteiger partial charge in [0.1, 0.15) is 13.2 Å². The van der Waals surface area contributed by atoms with Crippen LogP contribution in [0.2, 0.25) is 0 Å². The first-order chi connectivity index (χ1) is 11.3. The van der Waals surface area contributed by atoms with E-state index >= 15 is 0 Å². The molecule has 0 fully saturated rings. The van der Waals surface area contributed by atoms with E-state index in [1.807, 2.05) is 0 Å². The lowest BCUT2D eigenvalue weighted by atomic mass is 10.2. The van der Waals surface area contributed by atoms with Crippen molar-refractivity contribution in [1.82, 2.24) is 0 Å². The van der Waals surface area contributed by atoms with Crippen molar-refractivity contribution in [3.8, 4) is 34.5 Å². The normalized spacial score (nSPS) is 18.2. The molecule has 24 heavy (non-hydrogen) atoms. The van der Waals surface area contributed by atoms with Crippen LogP contribution in [-0.4, -0.2) is 24.8 Å². The minimum atomic E-state index is -0.856. The van der Waals surface area contributed by atoms with Gasteiger partial charge >= 0.3 is 0 Å². The van der Waals surface area contributed by atoms with Crippen molar-refractivity contribution in [3.63, 3.8) is 0 Å². The first kappa shape index (κ1) is 16.4. The first-order valence-electron chi connectivity index (χ1n) is 7.75. The predicted octanol–water partition coefficient (Wildman–Crippen LogP) is 3.83. The maximum Gasteiger partial charge on any atom is 0.246 e. The lowest BCUT2D eigenvalue weighted by molar-refractivity contribution is -0.0514. The molecule has 0 aliphatic carbocycles. The molecule has 0 aromatic heterocycles. The van der Waals surface area contributed by atoms with E-state index in [0.717, 1.165) is 0 Å². The Morgan fingerprint density at radius 1 is 0.708 bits per heavy atom.